The molecule has 0 amide bonds. The average Bonchev–Trinajstić information content (AvgIpc) is 2.41. The van der Waals surface area contributed by atoms with Gasteiger partial charge in [0.25, 0.3) is 0 Å². The van der Waals surface area contributed by atoms with Crippen molar-refractivity contribution < 1.29 is 9.53 Å². The summed E-state index contributed by atoms with van der Waals surface area (Å²) in [4.78, 5) is 16.1. The second kappa shape index (κ2) is 6.59. The van der Waals surface area contributed by atoms with E-state index in [1.54, 1.807) is 19.2 Å². The number of nitrogens with one attached hydrogen (secondary N) is 1. The standard InChI is InChI=1S/C15H23N3O2/c1-3-20-15(19)12-7-8-17-14(13(12)16)18-11-6-4-5-10(2)9-11/h7-8,10-11H,3-6,9,16H2,1-2H3,(H,17,18). The summed E-state index contributed by atoms with van der Waals surface area (Å²) in [7, 11) is 0. The van der Waals surface area contributed by atoms with E-state index in [1.807, 2.05) is 0 Å². The number of carbonyl (C=O) groups is 1. The Hall–Kier alpha value is -1.78. The number of nitrogen functional groups attached to an aromatic ring is 1. The van der Waals surface area contributed by atoms with Crippen molar-refractivity contribution in [1.82, 2.24) is 4.98 Å². The van der Waals surface area contributed by atoms with E-state index in [4.69, 9.17) is 10.5 Å². The summed E-state index contributed by atoms with van der Waals surface area (Å²) in [6.07, 6.45) is 6.33. The molecule has 110 valence electrons. The fourth-order valence-corrected chi connectivity index (χ4v) is 2.73. The van der Waals surface area contributed by atoms with E-state index in [9.17, 15) is 4.79 Å². The molecule has 2 unspecified atom stereocenters. The summed E-state index contributed by atoms with van der Waals surface area (Å²) in [6.45, 7) is 4.38. The molecule has 1 aromatic rings. The highest BCUT2D eigenvalue weighted by Gasteiger charge is 2.21. The van der Waals surface area contributed by atoms with Crippen molar-refractivity contribution in [2.75, 3.05) is 17.7 Å². The number of hydrogen-bond acceptors (Lipinski definition) is 5. The first-order valence-corrected chi connectivity index (χ1v) is 7.30. The van der Waals surface area contributed by atoms with Gasteiger partial charge in [0.2, 0.25) is 0 Å². The first kappa shape index (κ1) is 14.6. The molecule has 0 bridgehead atoms. The highest BCUT2D eigenvalue weighted by Crippen LogP contribution is 2.28. The molecule has 0 spiro atoms. The number of rotatable bonds is 4. The molecular weight excluding hydrogens is 254 g/mol. The van der Waals surface area contributed by atoms with E-state index in [0.717, 1.165) is 18.8 Å². The van der Waals surface area contributed by atoms with Crippen LogP contribution in [0.2, 0.25) is 0 Å². The normalized spacial score (nSPS) is 22.3. The highest BCUT2D eigenvalue weighted by atomic mass is 16.5. The van der Waals surface area contributed by atoms with Crippen LogP contribution in [0.1, 0.15) is 49.9 Å². The lowest BCUT2D eigenvalue weighted by molar-refractivity contribution is 0.0527. The maximum absolute atomic E-state index is 11.8. The van der Waals surface area contributed by atoms with Crippen molar-refractivity contribution in [3.63, 3.8) is 0 Å². The number of carbonyl (C=O) groups excluding carboxylic acids is 1. The summed E-state index contributed by atoms with van der Waals surface area (Å²) in [5, 5.41) is 3.37. The predicted molar refractivity (Wildman–Crippen MR) is 79.6 cm³/mol. The molecule has 0 saturated heterocycles. The van der Waals surface area contributed by atoms with Crippen molar-refractivity contribution >= 4 is 17.5 Å². The summed E-state index contributed by atoms with van der Waals surface area (Å²) in [5.74, 6) is 0.915. The van der Waals surface area contributed by atoms with Crippen LogP contribution in [0.3, 0.4) is 0 Å². The van der Waals surface area contributed by atoms with Gasteiger partial charge >= 0.3 is 5.97 Å². The van der Waals surface area contributed by atoms with E-state index >= 15 is 0 Å². The molecule has 3 N–H and O–H groups in total. The zero-order valence-corrected chi connectivity index (χ0v) is 12.2. The lowest BCUT2D eigenvalue weighted by Gasteiger charge is -2.28. The van der Waals surface area contributed by atoms with Crippen molar-refractivity contribution in [1.29, 1.82) is 0 Å². The van der Waals surface area contributed by atoms with E-state index in [0.29, 0.717) is 29.7 Å². The lowest BCUT2D eigenvalue weighted by Crippen LogP contribution is -2.27. The van der Waals surface area contributed by atoms with Gasteiger partial charge in [-0.1, -0.05) is 19.8 Å². The zero-order chi connectivity index (χ0) is 14.5. The minimum absolute atomic E-state index is 0.337. The third kappa shape index (κ3) is 3.40. The van der Waals surface area contributed by atoms with Gasteiger partial charge in [0, 0.05) is 12.2 Å². The molecule has 5 heteroatoms. The average molecular weight is 277 g/mol. The summed E-state index contributed by atoms with van der Waals surface area (Å²) in [6, 6.07) is 1.98. The number of nitrogens with two attached hydrogens (primary N) is 1. The fourth-order valence-electron chi connectivity index (χ4n) is 2.73. The second-order valence-corrected chi connectivity index (χ2v) is 5.45. The summed E-state index contributed by atoms with van der Waals surface area (Å²) in [5.41, 5.74) is 6.80. The number of ether oxygens (including phenoxy) is 1. The Morgan fingerprint density at radius 3 is 3.05 bits per heavy atom. The van der Waals surface area contributed by atoms with Gasteiger partial charge in [-0.3, -0.25) is 0 Å². The Morgan fingerprint density at radius 1 is 1.55 bits per heavy atom. The third-order valence-electron chi connectivity index (χ3n) is 3.76. The molecule has 1 heterocycles. The molecule has 0 aromatic carbocycles. The van der Waals surface area contributed by atoms with E-state index in [2.05, 4.69) is 17.2 Å². The molecule has 20 heavy (non-hydrogen) atoms. The van der Waals surface area contributed by atoms with Crippen molar-refractivity contribution in [2.24, 2.45) is 5.92 Å². The van der Waals surface area contributed by atoms with Crippen LogP contribution in [0.4, 0.5) is 11.5 Å². The van der Waals surface area contributed by atoms with E-state index in [1.165, 1.54) is 12.8 Å². The minimum Gasteiger partial charge on any atom is -0.462 e. The van der Waals surface area contributed by atoms with Crippen LogP contribution in [0, 0.1) is 5.92 Å². The molecule has 0 radical (unpaired) electrons. The van der Waals surface area contributed by atoms with Crippen molar-refractivity contribution in [3.8, 4) is 0 Å². The molecule has 2 atom stereocenters. The third-order valence-corrected chi connectivity index (χ3v) is 3.76. The van der Waals surface area contributed by atoms with Gasteiger partial charge in [-0.05, 0) is 31.7 Å². The molecular formula is C15H23N3O2. The fraction of sp³-hybridized carbons (Fsp3) is 0.600. The molecule has 0 aliphatic heterocycles. The van der Waals surface area contributed by atoms with Crippen LogP contribution in [0.5, 0.6) is 0 Å². The first-order valence-electron chi connectivity index (χ1n) is 7.30. The topological polar surface area (TPSA) is 77.2 Å². The van der Waals surface area contributed by atoms with Crippen molar-refractivity contribution in [3.05, 3.63) is 17.8 Å². The molecule has 1 fully saturated rings. The summed E-state index contributed by atoms with van der Waals surface area (Å²) < 4.78 is 5.00. The SMILES string of the molecule is CCOC(=O)c1ccnc(NC2CCCC(C)C2)c1N. The van der Waals surface area contributed by atoms with Crippen molar-refractivity contribution in [2.45, 2.75) is 45.6 Å². The number of aromatic nitrogens is 1. The van der Waals surface area contributed by atoms with Gasteiger partial charge in [-0.25, -0.2) is 9.78 Å². The second-order valence-electron chi connectivity index (χ2n) is 5.45. The van der Waals surface area contributed by atoms with E-state index < -0.39 is 5.97 Å². The number of nitrogens with zero attached hydrogens (tertiary/aromatic N) is 1. The maximum Gasteiger partial charge on any atom is 0.340 e. The Morgan fingerprint density at radius 2 is 2.35 bits per heavy atom. The van der Waals surface area contributed by atoms with Crippen LogP contribution in [-0.2, 0) is 4.74 Å². The number of esters is 1. The molecule has 1 saturated carbocycles. The molecule has 2 rings (SSSR count). The van der Waals surface area contributed by atoms with Gasteiger partial charge in [-0.15, -0.1) is 0 Å². The van der Waals surface area contributed by atoms with Crippen LogP contribution in [0.25, 0.3) is 0 Å². The summed E-state index contributed by atoms with van der Waals surface area (Å²) >= 11 is 0. The number of pyridine rings is 1. The van der Waals surface area contributed by atoms with Crippen LogP contribution < -0.4 is 11.1 Å². The lowest BCUT2D eigenvalue weighted by atomic mass is 9.87. The Balaban J connectivity index is 2.12. The van der Waals surface area contributed by atoms with Crippen LogP contribution in [0.15, 0.2) is 12.3 Å². The van der Waals surface area contributed by atoms with Crippen LogP contribution in [-0.4, -0.2) is 23.6 Å². The predicted octanol–water partition coefficient (Wildman–Crippen LogP) is 2.83. The number of anilines is 2. The molecule has 1 aromatic heterocycles. The Kier molecular flexibility index (Phi) is 4.82. The maximum atomic E-state index is 11.8. The quantitative estimate of drug-likeness (QED) is 0.827. The smallest absolute Gasteiger partial charge is 0.340 e. The van der Waals surface area contributed by atoms with Gasteiger partial charge in [0.05, 0.1) is 17.9 Å². The monoisotopic (exact) mass is 277 g/mol. The molecule has 5 nitrogen and oxygen atoms in total. The largest absolute Gasteiger partial charge is 0.462 e. The van der Waals surface area contributed by atoms with E-state index in [-0.39, 0.29) is 0 Å². The number of hydrogen-bond donors (Lipinski definition) is 2. The van der Waals surface area contributed by atoms with Gasteiger partial charge < -0.3 is 15.8 Å². The minimum atomic E-state index is -0.396. The first-order chi connectivity index (χ1) is 9.61. The van der Waals surface area contributed by atoms with Gasteiger partial charge in [0.1, 0.15) is 5.82 Å². The van der Waals surface area contributed by atoms with Gasteiger partial charge in [0.15, 0.2) is 0 Å². The highest BCUT2D eigenvalue weighted by molar-refractivity contribution is 5.97. The Bertz CT molecular complexity index is 476. The molecule has 1 aliphatic rings. The Labute approximate surface area is 119 Å². The van der Waals surface area contributed by atoms with Gasteiger partial charge in [-0.2, -0.15) is 0 Å². The molecule has 1 aliphatic carbocycles. The van der Waals surface area contributed by atoms with Crippen LogP contribution >= 0.6 is 0 Å². The zero-order valence-electron chi connectivity index (χ0n) is 12.2.